The van der Waals surface area contributed by atoms with Gasteiger partial charge < -0.3 is 5.11 Å². The molecule has 0 aromatic carbocycles. The number of aliphatic carboxylic acids is 1. The molecule has 0 saturated carbocycles. The van der Waals surface area contributed by atoms with Gasteiger partial charge in [-0.1, -0.05) is 51.9 Å². The molecule has 0 radical (unpaired) electrons. The molecule has 0 amide bonds. The van der Waals surface area contributed by atoms with Crippen molar-refractivity contribution in [2.45, 2.75) is 90.4 Å². The summed E-state index contributed by atoms with van der Waals surface area (Å²) in [4.78, 5) is 10.3. The van der Waals surface area contributed by atoms with Gasteiger partial charge in [0.1, 0.15) is 0 Å². The van der Waals surface area contributed by atoms with Crippen molar-refractivity contribution in [2.24, 2.45) is 0 Å². The number of carboxylic acid groups (broad SMARTS) is 1. The fraction of sp³-hybridized carbons (Fsp3) is 0.778. The summed E-state index contributed by atoms with van der Waals surface area (Å²) in [6, 6.07) is 0. The van der Waals surface area contributed by atoms with Crippen LogP contribution in [0.4, 0.5) is 0 Å². The first-order chi connectivity index (χ1) is 9.77. The van der Waals surface area contributed by atoms with Crippen LogP contribution >= 0.6 is 0 Å². The van der Waals surface area contributed by atoms with Crippen molar-refractivity contribution >= 4 is 5.97 Å². The Morgan fingerprint density at radius 1 is 0.850 bits per heavy atom. The molecule has 2 nitrogen and oxygen atoms in total. The van der Waals surface area contributed by atoms with Gasteiger partial charge in [0, 0.05) is 6.42 Å². The van der Waals surface area contributed by atoms with Crippen LogP contribution in [0.5, 0.6) is 0 Å². The maximum absolute atomic E-state index is 10.3. The summed E-state index contributed by atoms with van der Waals surface area (Å²) in [5.41, 5.74) is 3.25. The van der Waals surface area contributed by atoms with E-state index in [0.717, 1.165) is 38.5 Å². The third-order valence-electron chi connectivity index (χ3n) is 3.43. The molecule has 116 valence electrons. The third-order valence-corrected chi connectivity index (χ3v) is 3.43. The number of hydrogen-bond donors (Lipinski definition) is 1. The zero-order valence-electron chi connectivity index (χ0n) is 13.2. The second-order valence-electron chi connectivity index (χ2n) is 5.48. The average Bonchev–Trinajstić information content (AvgIpc) is 2.43. The number of carboxylic acids is 1. The smallest absolute Gasteiger partial charge is 0.303 e. The van der Waals surface area contributed by atoms with E-state index in [1.807, 2.05) is 0 Å². The molecule has 0 aromatic rings. The van der Waals surface area contributed by atoms with Crippen LogP contribution < -0.4 is 0 Å². The summed E-state index contributed by atoms with van der Waals surface area (Å²) >= 11 is 0. The van der Waals surface area contributed by atoms with Gasteiger partial charge in [0.15, 0.2) is 0 Å². The first-order valence-electron chi connectivity index (χ1n) is 8.38. The van der Waals surface area contributed by atoms with Gasteiger partial charge in [-0.15, -0.1) is 5.73 Å². The Morgan fingerprint density at radius 3 is 1.90 bits per heavy atom. The van der Waals surface area contributed by atoms with Crippen molar-refractivity contribution in [1.82, 2.24) is 0 Å². The van der Waals surface area contributed by atoms with E-state index in [4.69, 9.17) is 5.11 Å². The second-order valence-corrected chi connectivity index (χ2v) is 5.48. The largest absolute Gasteiger partial charge is 0.481 e. The lowest BCUT2D eigenvalue weighted by Gasteiger charge is -1.97. The van der Waals surface area contributed by atoms with E-state index in [1.54, 1.807) is 0 Å². The van der Waals surface area contributed by atoms with Gasteiger partial charge >= 0.3 is 5.97 Å². The van der Waals surface area contributed by atoms with Gasteiger partial charge in [0.25, 0.3) is 0 Å². The summed E-state index contributed by atoms with van der Waals surface area (Å²) < 4.78 is 0. The molecule has 0 rings (SSSR count). The van der Waals surface area contributed by atoms with Gasteiger partial charge in [-0.05, 0) is 44.3 Å². The summed E-state index contributed by atoms with van der Waals surface area (Å²) in [7, 11) is 0. The highest BCUT2D eigenvalue weighted by Crippen LogP contribution is 2.07. The van der Waals surface area contributed by atoms with Crippen LogP contribution in [0, 0.1) is 0 Å². The van der Waals surface area contributed by atoms with E-state index in [-0.39, 0.29) is 0 Å². The Labute approximate surface area is 125 Å². The van der Waals surface area contributed by atoms with E-state index in [2.05, 4.69) is 24.8 Å². The number of allylic oxidation sites excluding steroid dienone is 1. The van der Waals surface area contributed by atoms with Crippen LogP contribution in [0.3, 0.4) is 0 Å². The minimum absolute atomic E-state index is 0.313. The lowest BCUT2D eigenvalue weighted by Crippen LogP contribution is -1.93. The Kier molecular flexibility index (Phi) is 15.2. The highest BCUT2D eigenvalue weighted by molar-refractivity contribution is 5.66. The number of rotatable bonds is 14. The lowest BCUT2D eigenvalue weighted by atomic mass is 10.1. The molecule has 0 aliphatic carbocycles. The fourth-order valence-corrected chi connectivity index (χ4v) is 2.15. The minimum Gasteiger partial charge on any atom is -0.481 e. The SMILES string of the molecule is CCCCCCCCC=C=CCCCCCCC(=O)O. The number of hydrogen-bond acceptors (Lipinski definition) is 1. The quantitative estimate of drug-likeness (QED) is 0.319. The average molecular weight is 280 g/mol. The van der Waals surface area contributed by atoms with Gasteiger partial charge in [0.2, 0.25) is 0 Å². The third kappa shape index (κ3) is 17.0. The molecule has 0 heterocycles. The zero-order chi connectivity index (χ0) is 14.9. The Morgan fingerprint density at radius 2 is 1.35 bits per heavy atom. The maximum Gasteiger partial charge on any atom is 0.303 e. The van der Waals surface area contributed by atoms with E-state index >= 15 is 0 Å². The Balaban J connectivity index is 3.21. The predicted molar refractivity (Wildman–Crippen MR) is 86.0 cm³/mol. The highest BCUT2D eigenvalue weighted by Gasteiger charge is 1.95. The van der Waals surface area contributed by atoms with Gasteiger partial charge in [-0.2, -0.15) is 0 Å². The van der Waals surface area contributed by atoms with E-state index in [0.29, 0.717) is 6.42 Å². The van der Waals surface area contributed by atoms with Crippen molar-refractivity contribution in [3.05, 3.63) is 17.9 Å². The van der Waals surface area contributed by atoms with Crippen LogP contribution in [0.1, 0.15) is 90.4 Å². The van der Waals surface area contributed by atoms with E-state index in [1.165, 1.54) is 38.5 Å². The second kappa shape index (κ2) is 16.0. The number of carbonyl (C=O) groups is 1. The standard InChI is InChI=1S/C18H32O2/c1-2-3-4-5-6-7-8-9-10-11-12-13-14-15-16-17-18(19)20/h9,11H,2-8,12-17H2,1H3,(H,19,20). The summed E-state index contributed by atoms with van der Waals surface area (Å²) in [5, 5.41) is 8.50. The predicted octanol–water partition coefficient (Wildman–Crippen LogP) is 5.87. The Bertz CT molecular complexity index is 275. The Hall–Kier alpha value is -1.01. The lowest BCUT2D eigenvalue weighted by molar-refractivity contribution is -0.137. The van der Waals surface area contributed by atoms with Crippen LogP contribution in [0.25, 0.3) is 0 Å². The highest BCUT2D eigenvalue weighted by atomic mass is 16.4. The first-order valence-corrected chi connectivity index (χ1v) is 8.38. The van der Waals surface area contributed by atoms with Gasteiger partial charge in [0.05, 0.1) is 0 Å². The zero-order valence-corrected chi connectivity index (χ0v) is 13.2. The molecule has 0 aliphatic rings. The van der Waals surface area contributed by atoms with Crippen LogP contribution in [0.2, 0.25) is 0 Å². The monoisotopic (exact) mass is 280 g/mol. The molecule has 2 heteroatoms. The van der Waals surface area contributed by atoms with Gasteiger partial charge in [-0.25, -0.2) is 0 Å². The molecule has 0 aromatic heterocycles. The topological polar surface area (TPSA) is 37.3 Å². The van der Waals surface area contributed by atoms with Crippen LogP contribution in [-0.4, -0.2) is 11.1 Å². The van der Waals surface area contributed by atoms with Crippen molar-refractivity contribution in [3.8, 4) is 0 Å². The first kappa shape index (κ1) is 19.0. The van der Waals surface area contributed by atoms with Crippen molar-refractivity contribution in [3.63, 3.8) is 0 Å². The number of unbranched alkanes of at least 4 members (excludes halogenated alkanes) is 10. The summed E-state index contributed by atoms with van der Waals surface area (Å²) in [6.45, 7) is 2.25. The molecule has 0 atom stereocenters. The maximum atomic E-state index is 10.3. The molecule has 0 unspecified atom stereocenters. The van der Waals surface area contributed by atoms with Crippen molar-refractivity contribution < 1.29 is 9.90 Å². The minimum atomic E-state index is -0.678. The normalized spacial score (nSPS) is 10.1. The summed E-state index contributed by atoms with van der Waals surface area (Å²) in [6.07, 6.45) is 19.0. The van der Waals surface area contributed by atoms with Crippen LogP contribution in [0.15, 0.2) is 17.9 Å². The van der Waals surface area contributed by atoms with Gasteiger partial charge in [-0.3, -0.25) is 4.79 Å². The molecular weight excluding hydrogens is 248 g/mol. The van der Waals surface area contributed by atoms with E-state index in [9.17, 15) is 4.79 Å². The molecule has 0 saturated heterocycles. The molecule has 0 spiro atoms. The van der Waals surface area contributed by atoms with Crippen molar-refractivity contribution in [2.75, 3.05) is 0 Å². The molecular formula is C18H32O2. The molecule has 0 bridgehead atoms. The van der Waals surface area contributed by atoms with E-state index < -0.39 is 5.97 Å². The molecule has 1 N–H and O–H groups in total. The van der Waals surface area contributed by atoms with Crippen molar-refractivity contribution in [1.29, 1.82) is 0 Å². The van der Waals surface area contributed by atoms with Crippen LogP contribution in [-0.2, 0) is 4.79 Å². The molecule has 0 aliphatic heterocycles. The molecule has 20 heavy (non-hydrogen) atoms. The summed E-state index contributed by atoms with van der Waals surface area (Å²) in [5.74, 6) is -0.678. The fourth-order valence-electron chi connectivity index (χ4n) is 2.15. The molecule has 0 fully saturated rings.